The Hall–Kier alpha value is 0.0300. The predicted molar refractivity (Wildman–Crippen MR) is 118 cm³/mol. The van der Waals surface area contributed by atoms with Crippen molar-refractivity contribution in [2.75, 3.05) is 18.9 Å². The minimum absolute atomic E-state index is 0.445. The van der Waals surface area contributed by atoms with Gasteiger partial charge in [-0.15, -0.1) is 23.3 Å². The van der Waals surface area contributed by atoms with Gasteiger partial charge in [-0.1, -0.05) is 46.6 Å². The lowest BCUT2D eigenvalue weighted by Crippen LogP contribution is -2.24. The Morgan fingerprint density at radius 2 is 2.00 bits per heavy atom. The van der Waals surface area contributed by atoms with E-state index >= 15 is 0 Å². The van der Waals surface area contributed by atoms with Crippen molar-refractivity contribution in [1.29, 1.82) is 0 Å². The van der Waals surface area contributed by atoms with Crippen molar-refractivity contribution in [2.24, 2.45) is 5.92 Å². The highest BCUT2D eigenvalue weighted by Crippen LogP contribution is 2.65. The number of thiol groups is 2. The molecule has 1 heterocycles. The SMILES string of the molecule is CCCCCCS(S)(S)N1CCCC1c1cccc(OCC2CC2)c1. The molecule has 0 amide bonds. The number of hydrogen-bond acceptors (Lipinski definition) is 4. The number of benzene rings is 1. The van der Waals surface area contributed by atoms with Crippen LogP contribution < -0.4 is 4.74 Å². The first-order valence-electron chi connectivity index (χ1n) is 9.85. The van der Waals surface area contributed by atoms with Crippen molar-refractivity contribution in [3.8, 4) is 5.75 Å². The Morgan fingerprint density at radius 3 is 2.76 bits per heavy atom. The number of unbranched alkanes of at least 4 members (excludes halogenated alkanes) is 3. The average Bonchev–Trinajstić information content (AvgIpc) is 3.30. The molecule has 1 saturated carbocycles. The lowest BCUT2D eigenvalue weighted by atomic mass is 10.1. The summed E-state index contributed by atoms with van der Waals surface area (Å²) in [5.41, 5.74) is 1.37. The Bertz CT molecular complexity index is 547. The summed E-state index contributed by atoms with van der Waals surface area (Å²) >= 11 is 10.1. The zero-order valence-electron chi connectivity index (χ0n) is 15.4. The van der Waals surface area contributed by atoms with Crippen LogP contribution in [-0.4, -0.2) is 23.2 Å². The molecule has 5 heteroatoms. The normalized spacial score (nSPS) is 22.3. The number of nitrogens with zero attached hydrogens (tertiary/aromatic N) is 1. The van der Waals surface area contributed by atoms with E-state index in [0.717, 1.165) is 30.6 Å². The molecule has 1 aromatic rings. The van der Waals surface area contributed by atoms with E-state index in [9.17, 15) is 0 Å². The second-order valence-electron chi connectivity index (χ2n) is 7.52. The summed E-state index contributed by atoms with van der Waals surface area (Å²) in [5, 5.41) is 0. The summed E-state index contributed by atoms with van der Waals surface area (Å²) in [6, 6.07) is 9.18. The molecule has 0 radical (unpaired) electrons. The highest BCUT2D eigenvalue weighted by molar-refractivity contribution is 9.17. The zero-order valence-corrected chi connectivity index (χ0v) is 18.0. The van der Waals surface area contributed by atoms with Gasteiger partial charge < -0.3 is 4.74 Å². The Balaban J connectivity index is 1.62. The predicted octanol–water partition coefficient (Wildman–Crippen LogP) is 6.60. The molecule has 0 N–H and O–H groups in total. The minimum atomic E-state index is -1.28. The van der Waals surface area contributed by atoms with Gasteiger partial charge in [-0.2, -0.15) is 0 Å². The molecule has 1 aromatic carbocycles. The molecule has 1 unspecified atom stereocenters. The first-order chi connectivity index (χ1) is 12.1. The first kappa shape index (κ1) is 19.8. The van der Waals surface area contributed by atoms with Crippen molar-refractivity contribution in [2.45, 2.75) is 64.3 Å². The summed E-state index contributed by atoms with van der Waals surface area (Å²) < 4.78 is 8.57. The van der Waals surface area contributed by atoms with Crippen molar-refractivity contribution in [3.63, 3.8) is 0 Å². The third-order valence-electron chi connectivity index (χ3n) is 5.28. The lowest BCUT2D eigenvalue weighted by molar-refractivity contribution is 0.299. The van der Waals surface area contributed by atoms with Gasteiger partial charge in [-0.25, -0.2) is 4.31 Å². The van der Waals surface area contributed by atoms with Gasteiger partial charge in [0, 0.05) is 18.3 Å². The molecule has 25 heavy (non-hydrogen) atoms. The van der Waals surface area contributed by atoms with Crippen LogP contribution in [0.2, 0.25) is 0 Å². The fourth-order valence-corrected chi connectivity index (χ4v) is 7.40. The highest BCUT2D eigenvalue weighted by atomic mass is 33.5. The molecule has 1 atom stereocenters. The van der Waals surface area contributed by atoms with Gasteiger partial charge in [0.1, 0.15) is 5.75 Å². The molecule has 2 aliphatic rings. The molecule has 142 valence electrons. The fraction of sp³-hybridized carbons (Fsp3) is 0.700. The summed E-state index contributed by atoms with van der Waals surface area (Å²) in [4.78, 5) is 0. The average molecular weight is 400 g/mol. The molecule has 2 nitrogen and oxygen atoms in total. The van der Waals surface area contributed by atoms with Gasteiger partial charge in [0.15, 0.2) is 0 Å². The molecule has 2 fully saturated rings. The lowest BCUT2D eigenvalue weighted by Gasteiger charge is -2.42. The maximum absolute atomic E-state index is 5.99. The Kier molecular flexibility index (Phi) is 7.35. The maximum atomic E-state index is 5.99. The third-order valence-corrected chi connectivity index (χ3v) is 9.66. The quantitative estimate of drug-likeness (QED) is 0.261. The summed E-state index contributed by atoms with van der Waals surface area (Å²) in [5.74, 6) is 2.94. The second-order valence-corrected chi connectivity index (χ2v) is 14.2. The summed E-state index contributed by atoms with van der Waals surface area (Å²) in [6.07, 6.45) is 10.2. The van der Waals surface area contributed by atoms with Gasteiger partial charge in [-0.05, 0) is 55.7 Å². The van der Waals surface area contributed by atoms with Crippen LogP contribution in [0.15, 0.2) is 24.3 Å². The standard InChI is InChI=1S/C20H33NOS3/c1-2-3-4-5-14-25(23,24)21-13-7-10-20(21)18-8-6-9-19(15-18)22-16-17-11-12-17/h6,8-9,15,17,20,23-24H,2-5,7,10-14,16H2,1H3. The molecular weight excluding hydrogens is 366 g/mol. The summed E-state index contributed by atoms with van der Waals surface area (Å²) in [6.45, 7) is 4.26. The molecule has 0 bridgehead atoms. The van der Waals surface area contributed by atoms with E-state index < -0.39 is 8.28 Å². The van der Waals surface area contributed by atoms with Crippen LogP contribution in [0, 0.1) is 5.92 Å². The van der Waals surface area contributed by atoms with Crippen molar-refractivity contribution < 1.29 is 4.74 Å². The van der Waals surface area contributed by atoms with Crippen molar-refractivity contribution in [1.82, 2.24) is 4.31 Å². The monoisotopic (exact) mass is 399 g/mol. The van der Waals surface area contributed by atoms with Crippen molar-refractivity contribution in [3.05, 3.63) is 29.8 Å². The highest BCUT2D eigenvalue weighted by Gasteiger charge is 2.35. The van der Waals surface area contributed by atoms with Crippen LogP contribution >= 0.6 is 31.6 Å². The van der Waals surface area contributed by atoms with Gasteiger partial charge in [-0.3, -0.25) is 0 Å². The number of hydrogen-bond donors (Lipinski definition) is 2. The molecule has 3 rings (SSSR count). The third kappa shape index (κ3) is 5.75. The van der Waals surface area contributed by atoms with Gasteiger partial charge in [0.2, 0.25) is 0 Å². The van der Waals surface area contributed by atoms with E-state index in [2.05, 4.69) is 35.5 Å². The van der Waals surface area contributed by atoms with Crippen LogP contribution in [0.1, 0.15) is 69.9 Å². The molecule has 1 aliphatic carbocycles. The first-order valence-corrected chi connectivity index (χ1v) is 13.7. The van der Waals surface area contributed by atoms with Crippen LogP contribution in [-0.2, 0) is 0 Å². The van der Waals surface area contributed by atoms with Gasteiger partial charge in [0.25, 0.3) is 0 Å². The minimum Gasteiger partial charge on any atom is -0.493 e. The molecule has 1 aliphatic heterocycles. The number of rotatable bonds is 10. The molecule has 1 saturated heterocycles. The molecule has 0 spiro atoms. The van der Waals surface area contributed by atoms with E-state index in [1.54, 1.807) is 0 Å². The van der Waals surface area contributed by atoms with E-state index in [-0.39, 0.29) is 0 Å². The van der Waals surface area contributed by atoms with Crippen molar-refractivity contribution >= 4 is 31.6 Å². The molecular formula is C20H33NOS3. The van der Waals surface area contributed by atoms with Crippen LogP contribution in [0.5, 0.6) is 5.75 Å². The van der Waals surface area contributed by atoms with Crippen LogP contribution in [0.4, 0.5) is 0 Å². The maximum Gasteiger partial charge on any atom is 0.119 e. The Labute approximate surface area is 165 Å². The van der Waals surface area contributed by atoms with E-state index in [1.165, 1.54) is 56.9 Å². The van der Waals surface area contributed by atoms with Gasteiger partial charge in [0.05, 0.1) is 6.61 Å². The smallest absolute Gasteiger partial charge is 0.119 e. The largest absolute Gasteiger partial charge is 0.493 e. The summed E-state index contributed by atoms with van der Waals surface area (Å²) in [7, 11) is -1.28. The van der Waals surface area contributed by atoms with E-state index in [0.29, 0.717) is 6.04 Å². The fourth-order valence-electron chi connectivity index (χ4n) is 3.57. The zero-order chi connectivity index (χ0) is 17.7. The van der Waals surface area contributed by atoms with Crippen LogP contribution in [0.25, 0.3) is 0 Å². The van der Waals surface area contributed by atoms with E-state index in [4.69, 9.17) is 28.1 Å². The number of ether oxygens (including phenoxy) is 1. The molecule has 0 aromatic heterocycles. The Morgan fingerprint density at radius 1 is 1.16 bits per heavy atom. The topological polar surface area (TPSA) is 12.5 Å². The van der Waals surface area contributed by atoms with Gasteiger partial charge >= 0.3 is 0 Å². The van der Waals surface area contributed by atoms with E-state index in [1.807, 2.05) is 0 Å². The second kappa shape index (κ2) is 9.29. The van der Waals surface area contributed by atoms with Crippen LogP contribution in [0.3, 0.4) is 0 Å².